The molecule has 0 aromatic heterocycles. The molecule has 0 N–H and O–H groups in total. The van der Waals surface area contributed by atoms with Gasteiger partial charge in [0.05, 0.1) is 18.1 Å². The second kappa shape index (κ2) is 9.75. The number of carbonyl (C=O) groups is 1. The fourth-order valence-electron chi connectivity index (χ4n) is 3.16. The number of hydrogen-bond acceptors (Lipinski definition) is 5. The van der Waals surface area contributed by atoms with Crippen molar-refractivity contribution in [3.63, 3.8) is 0 Å². The number of benzene rings is 3. The molecule has 0 saturated heterocycles. The van der Waals surface area contributed by atoms with Gasteiger partial charge in [-0.15, -0.1) is 0 Å². The van der Waals surface area contributed by atoms with Gasteiger partial charge in [0.1, 0.15) is 6.61 Å². The van der Waals surface area contributed by atoms with E-state index in [4.69, 9.17) is 9.47 Å². The molecule has 3 rings (SSSR count). The van der Waals surface area contributed by atoms with E-state index in [1.807, 2.05) is 37.3 Å². The third kappa shape index (κ3) is 5.19. The molecule has 0 fully saturated rings. The van der Waals surface area contributed by atoms with Crippen LogP contribution in [0.5, 0.6) is 11.5 Å². The summed E-state index contributed by atoms with van der Waals surface area (Å²) in [5.74, 6) is 0.766. The monoisotopic (exact) mass is 420 g/mol. The van der Waals surface area contributed by atoms with Gasteiger partial charge in [0.25, 0.3) is 11.6 Å². The molecule has 3 aromatic carbocycles. The van der Waals surface area contributed by atoms with Gasteiger partial charge in [-0.2, -0.15) is 0 Å². The van der Waals surface area contributed by atoms with E-state index >= 15 is 0 Å². The van der Waals surface area contributed by atoms with Crippen LogP contribution in [0.4, 0.5) is 5.69 Å². The minimum atomic E-state index is -0.447. The molecule has 7 nitrogen and oxygen atoms in total. The molecule has 1 amide bonds. The van der Waals surface area contributed by atoms with Crippen LogP contribution in [-0.4, -0.2) is 29.9 Å². The highest BCUT2D eigenvalue weighted by atomic mass is 16.6. The van der Waals surface area contributed by atoms with Gasteiger partial charge in [-0.1, -0.05) is 42.5 Å². The standard InChI is InChI=1S/C24H24N2O5/c1-17(19-10-7-11-21(14-19)26(28)29)25(2)24(27)20-12-13-22(23(15-20)30-3)31-16-18-8-5-4-6-9-18/h4-15,17H,16H2,1-3H3/t17-/m0/s1. The summed E-state index contributed by atoms with van der Waals surface area (Å²) in [6.45, 7) is 2.21. The van der Waals surface area contributed by atoms with Crippen LogP contribution in [-0.2, 0) is 6.61 Å². The lowest BCUT2D eigenvalue weighted by atomic mass is 10.1. The van der Waals surface area contributed by atoms with Crippen molar-refractivity contribution in [3.05, 3.63) is 99.6 Å². The number of ether oxygens (including phenoxy) is 2. The molecule has 0 aliphatic heterocycles. The number of rotatable bonds is 8. The van der Waals surface area contributed by atoms with Gasteiger partial charge >= 0.3 is 0 Å². The number of carbonyl (C=O) groups excluding carboxylic acids is 1. The van der Waals surface area contributed by atoms with Crippen LogP contribution in [0.2, 0.25) is 0 Å². The van der Waals surface area contributed by atoms with Crippen molar-refractivity contribution in [1.82, 2.24) is 4.90 Å². The molecular weight excluding hydrogens is 396 g/mol. The fourth-order valence-corrected chi connectivity index (χ4v) is 3.16. The topological polar surface area (TPSA) is 81.9 Å². The van der Waals surface area contributed by atoms with Crippen LogP contribution >= 0.6 is 0 Å². The van der Waals surface area contributed by atoms with Crippen molar-refractivity contribution in [2.75, 3.05) is 14.2 Å². The lowest BCUT2D eigenvalue weighted by molar-refractivity contribution is -0.384. The third-order valence-corrected chi connectivity index (χ3v) is 5.11. The van der Waals surface area contributed by atoms with Crippen molar-refractivity contribution in [1.29, 1.82) is 0 Å². The molecule has 0 heterocycles. The summed E-state index contributed by atoms with van der Waals surface area (Å²) in [4.78, 5) is 25.2. The van der Waals surface area contributed by atoms with Gasteiger partial charge in [-0.05, 0) is 36.2 Å². The largest absolute Gasteiger partial charge is 0.493 e. The Hall–Kier alpha value is -3.87. The van der Waals surface area contributed by atoms with Crippen LogP contribution < -0.4 is 9.47 Å². The molecule has 31 heavy (non-hydrogen) atoms. The molecule has 1 atom stereocenters. The maximum atomic E-state index is 13.0. The second-order valence-corrected chi connectivity index (χ2v) is 7.08. The van der Waals surface area contributed by atoms with E-state index in [1.54, 1.807) is 42.3 Å². The highest BCUT2D eigenvalue weighted by molar-refractivity contribution is 5.95. The van der Waals surface area contributed by atoms with E-state index in [-0.39, 0.29) is 17.6 Å². The lowest BCUT2D eigenvalue weighted by Crippen LogP contribution is -2.29. The second-order valence-electron chi connectivity index (χ2n) is 7.08. The maximum absolute atomic E-state index is 13.0. The zero-order valence-corrected chi connectivity index (χ0v) is 17.6. The molecule has 3 aromatic rings. The molecule has 0 bridgehead atoms. The first-order valence-electron chi connectivity index (χ1n) is 9.77. The maximum Gasteiger partial charge on any atom is 0.269 e. The van der Waals surface area contributed by atoms with E-state index in [9.17, 15) is 14.9 Å². The predicted molar refractivity (Wildman–Crippen MR) is 117 cm³/mol. The molecule has 0 saturated carbocycles. The molecule has 160 valence electrons. The summed E-state index contributed by atoms with van der Waals surface area (Å²) >= 11 is 0. The van der Waals surface area contributed by atoms with E-state index in [0.717, 1.165) is 5.56 Å². The summed E-state index contributed by atoms with van der Waals surface area (Å²) < 4.78 is 11.3. The first-order chi connectivity index (χ1) is 14.9. The Balaban J connectivity index is 1.76. The number of methoxy groups -OCH3 is 1. The Labute approximate surface area is 181 Å². The Morgan fingerprint density at radius 2 is 1.77 bits per heavy atom. The van der Waals surface area contributed by atoms with Crippen LogP contribution in [0.3, 0.4) is 0 Å². The van der Waals surface area contributed by atoms with Crippen molar-refractivity contribution in [2.24, 2.45) is 0 Å². The molecule has 0 aliphatic rings. The van der Waals surface area contributed by atoms with Crippen molar-refractivity contribution in [2.45, 2.75) is 19.6 Å². The van der Waals surface area contributed by atoms with E-state index in [0.29, 0.717) is 29.2 Å². The van der Waals surface area contributed by atoms with E-state index in [2.05, 4.69) is 0 Å². The average Bonchev–Trinajstić information content (AvgIpc) is 2.81. The molecule has 0 spiro atoms. The summed E-state index contributed by atoms with van der Waals surface area (Å²) in [6, 6.07) is 20.7. The number of nitro groups is 1. The van der Waals surface area contributed by atoms with Crippen molar-refractivity contribution < 1.29 is 19.2 Å². The Morgan fingerprint density at radius 3 is 2.45 bits per heavy atom. The first-order valence-corrected chi connectivity index (χ1v) is 9.77. The smallest absolute Gasteiger partial charge is 0.269 e. The number of nitro benzene ring substituents is 1. The minimum Gasteiger partial charge on any atom is -0.493 e. The number of nitrogens with zero attached hydrogens (tertiary/aromatic N) is 2. The van der Waals surface area contributed by atoms with E-state index < -0.39 is 4.92 Å². The van der Waals surface area contributed by atoms with Gasteiger partial charge < -0.3 is 14.4 Å². The summed E-state index contributed by atoms with van der Waals surface area (Å²) in [5.41, 5.74) is 2.13. The molecular formula is C24H24N2O5. The zero-order chi connectivity index (χ0) is 22.4. The quantitative estimate of drug-likeness (QED) is 0.378. The summed E-state index contributed by atoms with van der Waals surface area (Å²) in [6.07, 6.45) is 0. The fraction of sp³-hybridized carbons (Fsp3) is 0.208. The Kier molecular flexibility index (Phi) is 6.87. The van der Waals surface area contributed by atoms with Gasteiger partial charge in [0, 0.05) is 24.7 Å². The molecule has 0 unspecified atom stereocenters. The first kappa shape index (κ1) is 21.8. The van der Waals surface area contributed by atoms with Crippen LogP contribution in [0.25, 0.3) is 0 Å². The van der Waals surface area contributed by atoms with Gasteiger partial charge in [0.15, 0.2) is 11.5 Å². The highest BCUT2D eigenvalue weighted by Crippen LogP contribution is 2.31. The summed E-state index contributed by atoms with van der Waals surface area (Å²) in [7, 11) is 3.19. The zero-order valence-electron chi connectivity index (χ0n) is 17.6. The number of hydrogen-bond donors (Lipinski definition) is 0. The van der Waals surface area contributed by atoms with Gasteiger partial charge in [-0.3, -0.25) is 14.9 Å². The summed E-state index contributed by atoms with van der Waals surface area (Å²) in [5, 5.41) is 11.0. The normalized spacial score (nSPS) is 11.5. The Bertz CT molecular complexity index is 1070. The van der Waals surface area contributed by atoms with Crippen molar-refractivity contribution in [3.8, 4) is 11.5 Å². The van der Waals surface area contributed by atoms with Gasteiger partial charge in [0.2, 0.25) is 0 Å². The van der Waals surface area contributed by atoms with Gasteiger partial charge in [-0.25, -0.2) is 0 Å². The van der Waals surface area contributed by atoms with Crippen molar-refractivity contribution >= 4 is 11.6 Å². The van der Waals surface area contributed by atoms with E-state index in [1.165, 1.54) is 19.2 Å². The van der Waals surface area contributed by atoms with Crippen LogP contribution in [0.15, 0.2) is 72.8 Å². The number of amides is 1. The third-order valence-electron chi connectivity index (χ3n) is 5.11. The average molecular weight is 420 g/mol. The lowest BCUT2D eigenvalue weighted by Gasteiger charge is -2.25. The predicted octanol–water partition coefficient (Wildman–Crippen LogP) is 5.02. The Morgan fingerprint density at radius 1 is 1.03 bits per heavy atom. The van der Waals surface area contributed by atoms with Crippen LogP contribution in [0, 0.1) is 10.1 Å². The number of non-ortho nitro benzene ring substituents is 1. The molecule has 0 radical (unpaired) electrons. The molecule has 0 aliphatic carbocycles. The highest BCUT2D eigenvalue weighted by Gasteiger charge is 2.22. The molecule has 7 heteroatoms. The van der Waals surface area contributed by atoms with Crippen LogP contribution in [0.1, 0.15) is 34.5 Å². The minimum absolute atomic E-state index is 0.00761. The SMILES string of the molecule is COc1cc(C(=O)N(C)[C@@H](C)c2cccc([N+](=O)[O-])c2)ccc1OCc1ccccc1.